The second kappa shape index (κ2) is 7.38. The van der Waals surface area contributed by atoms with E-state index in [1.807, 2.05) is 25.1 Å². The zero-order chi connectivity index (χ0) is 15.4. The number of benzene rings is 2. The van der Waals surface area contributed by atoms with Crippen LogP contribution >= 0.6 is 27.7 Å². The molecule has 2 aromatic carbocycles. The normalized spacial score (nSPS) is 12.4. The SMILES string of the molecule is CCC(N)Cc1cc(Br)ccc1Sc1ccc(F)c(F)c1. The maximum atomic E-state index is 13.3. The molecule has 1 unspecified atom stereocenters. The van der Waals surface area contributed by atoms with Crippen LogP contribution in [0.15, 0.2) is 50.7 Å². The molecule has 1 nitrogen and oxygen atoms in total. The number of nitrogens with two attached hydrogens (primary N) is 1. The lowest BCUT2D eigenvalue weighted by molar-refractivity contribution is 0.506. The highest BCUT2D eigenvalue weighted by Gasteiger charge is 2.10. The van der Waals surface area contributed by atoms with Gasteiger partial charge in [-0.25, -0.2) is 8.78 Å². The van der Waals surface area contributed by atoms with Gasteiger partial charge >= 0.3 is 0 Å². The van der Waals surface area contributed by atoms with E-state index in [2.05, 4.69) is 15.9 Å². The summed E-state index contributed by atoms with van der Waals surface area (Å²) in [5, 5.41) is 0. The molecule has 5 heteroatoms. The molecule has 2 N–H and O–H groups in total. The Morgan fingerprint density at radius 1 is 1.14 bits per heavy atom. The van der Waals surface area contributed by atoms with Gasteiger partial charge < -0.3 is 5.73 Å². The first-order valence-electron chi connectivity index (χ1n) is 6.66. The Morgan fingerprint density at radius 2 is 1.90 bits per heavy atom. The molecule has 0 aliphatic heterocycles. The van der Waals surface area contributed by atoms with Crippen molar-refractivity contribution in [3.05, 3.63) is 58.1 Å². The minimum absolute atomic E-state index is 0.0867. The van der Waals surface area contributed by atoms with E-state index in [1.54, 1.807) is 6.07 Å². The van der Waals surface area contributed by atoms with Crippen LogP contribution in [-0.4, -0.2) is 6.04 Å². The molecular weight excluding hydrogens is 356 g/mol. The summed E-state index contributed by atoms with van der Waals surface area (Å²) in [6.07, 6.45) is 1.64. The summed E-state index contributed by atoms with van der Waals surface area (Å²) in [5.74, 6) is -1.66. The van der Waals surface area contributed by atoms with E-state index < -0.39 is 11.6 Å². The van der Waals surface area contributed by atoms with Crippen LogP contribution in [0.2, 0.25) is 0 Å². The lowest BCUT2D eigenvalue weighted by Gasteiger charge is -2.14. The van der Waals surface area contributed by atoms with Gasteiger partial charge in [0.2, 0.25) is 0 Å². The summed E-state index contributed by atoms with van der Waals surface area (Å²) in [5.41, 5.74) is 7.13. The number of halogens is 3. The Hall–Kier alpha value is -0.910. The van der Waals surface area contributed by atoms with Gasteiger partial charge in [0.15, 0.2) is 11.6 Å². The van der Waals surface area contributed by atoms with E-state index >= 15 is 0 Å². The Kier molecular flexibility index (Phi) is 5.79. The van der Waals surface area contributed by atoms with Gasteiger partial charge in [0.05, 0.1) is 0 Å². The van der Waals surface area contributed by atoms with Gasteiger partial charge in [-0.05, 0) is 54.8 Å². The van der Waals surface area contributed by atoms with Crippen molar-refractivity contribution in [2.45, 2.75) is 35.6 Å². The maximum Gasteiger partial charge on any atom is 0.159 e. The molecule has 1 atom stereocenters. The van der Waals surface area contributed by atoms with Crippen molar-refractivity contribution in [1.29, 1.82) is 0 Å². The average molecular weight is 372 g/mol. The molecule has 0 fully saturated rings. The number of rotatable bonds is 5. The molecule has 0 bridgehead atoms. The third kappa shape index (κ3) is 4.53. The van der Waals surface area contributed by atoms with E-state index in [9.17, 15) is 8.78 Å². The fraction of sp³-hybridized carbons (Fsp3) is 0.250. The Balaban J connectivity index is 2.28. The van der Waals surface area contributed by atoms with Gasteiger partial charge in [0.1, 0.15) is 0 Å². The molecule has 0 aromatic heterocycles. The largest absolute Gasteiger partial charge is 0.327 e. The monoisotopic (exact) mass is 371 g/mol. The van der Waals surface area contributed by atoms with Gasteiger partial charge in [0.25, 0.3) is 0 Å². The molecule has 112 valence electrons. The van der Waals surface area contributed by atoms with E-state index in [0.717, 1.165) is 33.8 Å². The van der Waals surface area contributed by atoms with Gasteiger partial charge in [0, 0.05) is 20.3 Å². The van der Waals surface area contributed by atoms with Gasteiger partial charge in [-0.1, -0.05) is 34.6 Å². The van der Waals surface area contributed by atoms with Crippen molar-refractivity contribution in [3.8, 4) is 0 Å². The van der Waals surface area contributed by atoms with Crippen molar-refractivity contribution in [1.82, 2.24) is 0 Å². The first-order valence-corrected chi connectivity index (χ1v) is 8.27. The van der Waals surface area contributed by atoms with Gasteiger partial charge in [-0.15, -0.1) is 0 Å². The smallest absolute Gasteiger partial charge is 0.159 e. The van der Waals surface area contributed by atoms with Crippen molar-refractivity contribution in [2.24, 2.45) is 5.73 Å². The summed E-state index contributed by atoms with van der Waals surface area (Å²) < 4.78 is 27.3. The topological polar surface area (TPSA) is 26.0 Å². The van der Waals surface area contributed by atoms with Crippen LogP contribution in [0.1, 0.15) is 18.9 Å². The summed E-state index contributed by atoms with van der Waals surface area (Å²) in [6, 6.07) is 9.95. The van der Waals surface area contributed by atoms with Crippen LogP contribution in [0.25, 0.3) is 0 Å². The Labute approximate surface area is 136 Å². The van der Waals surface area contributed by atoms with Gasteiger partial charge in [-0.3, -0.25) is 0 Å². The summed E-state index contributed by atoms with van der Waals surface area (Å²) in [6.45, 7) is 2.05. The zero-order valence-electron chi connectivity index (χ0n) is 11.6. The second-order valence-corrected chi connectivity index (χ2v) is 6.83. The minimum Gasteiger partial charge on any atom is -0.327 e. The Morgan fingerprint density at radius 3 is 2.57 bits per heavy atom. The molecule has 0 aliphatic rings. The predicted octanol–water partition coefficient (Wildman–Crippen LogP) is 5.16. The summed E-state index contributed by atoms with van der Waals surface area (Å²) in [7, 11) is 0. The van der Waals surface area contributed by atoms with Crippen LogP contribution in [0.3, 0.4) is 0 Å². The first-order chi connectivity index (χ1) is 9.99. The van der Waals surface area contributed by atoms with Crippen LogP contribution in [0.5, 0.6) is 0 Å². The highest BCUT2D eigenvalue weighted by Crippen LogP contribution is 2.33. The van der Waals surface area contributed by atoms with Crippen LogP contribution in [0, 0.1) is 11.6 Å². The van der Waals surface area contributed by atoms with E-state index in [-0.39, 0.29) is 6.04 Å². The van der Waals surface area contributed by atoms with E-state index in [0.29, 0.717) is 4.90 Å². The van der Waals surface area contributed by atoms with Crippen molar-refractivity contribution in [3.63, 3.8) is 0 Å². The molecule has 0 spiro atoms. The standard InChI is InChI=1S/C16H16BrF2NS/c1-2-12(20)8-10-7-11(17)3-6-16(10)21-13-4-5-14(18)15(19)9-13/h3-7,9,12H,2,8,20H2,1H3. The Bertz CT molecular complexity index is 634. The first kappa shape index (κ1) is 16.5. The average Bonchev–Trinajstić information content (AvgIpc) is 2.45. The van der Waals surface area contributed by atoms with Crippen LogP contribution in [0.4, 0.5) is 8.78 Å². The molecule has 0 aliphatic carbocycles. The fourth-order valence-electron chi connectivity index (χ4n) is 1.90. The van der Waals surface area contributed by atoms with Crippen molar-refractivity contribution in [2.75, 3.05) is 0 Å². The molecule has 21 heavy (non-hydrogen) atoms. The quantitative estimate of drug-likeness (QED) is 0.785. The van der Waals surface area contributed by atoms with Crippen molar-refractivity contribution >= 4 is 27.7 Å². The molecule has 0 amide bonds. The molecule has 2 rings (SSSR count). The van der Waals surface area contributed by atoms with Crippen LogP contribution < -0.4 is 5.73 Å². The summed E-state index contributed by atoms with van der Waals surface area (Å²) in [4.78, 5) is 1.68. The fourth-order valence-corrected chi connectivity index (χ4v) is 3.27. The molecule has 0 saturated heterocycles. The maximum absolute atomic E-state index is 13.3. The third-order valence-electron chi connectivity index (χ3n) is 3.15. The van der Waals surface area contributed by atoms with Crippen molar-refractivity contribution < 1.29 is 8.78 Å². The lowest BCUT2D eigenvalue weighted by Crippen LogP contribution is -2.21. The summed E-state index contributed by atoms with van der Waals surface area (Å²) >= 11 is 4.87. The highest BCUT2D eigenvalue weighted by molar-refractivity contribution is 9.10. The molecule has 0 heterocycles. The molecule has 2 aromatic rings. The lowest BCUT2D eigenvalue weighted by atomic mass is 10.1. The van der Waals surface area contributed by atoms with Gasteiger partial charge in [-0.2, -0.15) is 0 Å². The van der Waals surface area contributed by atoms with E-state index in [1.165, 1.54) is 17.8 Å². The zero-order valence-corrected chi connectivity index (χ0v) is 14.0. The third-order valence-corrected chi connectivity index (χ3v) is 4.75. The number of hydrogen-bond acceptors (Lipinski definition) is 2. The highest BCUT2D eigenvalue weighted by atomic mass is 79.9. The number of hydrogen-bond donors (Lipinski definition) is 1. The second-order valence-electron chi connectivity index (χ2n) is 4.80. The molecule has 0 saturated carbocycles. The van der Waals surface area contributed by atoms with Crippen LogP contribution in [-0.2, 0) is 6.42 Å². The molecule has 0 radical (unpaired) electrons. The predicted molar refractivity (Wildman–Crippen MR) is 86.6 cm³/mol. The molecular formula is C16H16BrF2NS. The minimum atomic E-state index is -0.830. The van der Waals surface area contributed by atoms with E-state index in [4.69, 9.17) is 5.73 Å².